The Morgan fingerprint density at radius 2 is 1.76 bits per heavy atom. The van der Waals surface area contributed by atoms with Gasteiger partial charge in [0, 0.05) is 11.9 Å². The maximum absolute atomic E-state index is 12.9. The average molecular weight is 345 g/mol. The number of hydrogen-bond donors (Lipinski definition) is 2. The summed E-state index contributed by atoms with van der Waals surface area (Å²) in [6, 6.07) is 13.4. The monoisotopic (exact) mass is 345 g/mol. The van der Waals surface area contributed by atoms with E-state index in [2.05, 4.69) is 10.6 Å². The molecule has 0 spiro atoms. The number of alkyl halides is 3. The Kier molecular flexibility index (Phi) is 5.45. The SMILES string of the molecule is Cc1ccc(NC(=O)/C(C#N)=C\Nc2ccccc2C(F)(F)F)cc1. The summed E-state index contributed by atoms with van der Waals surface area (Å²) in [4.78, 5) is 12.1. The highest BCUT2D eigenvalue weighted by atomic mass is 19.4. The minimum Gasteiger partial charge on any atom is -0.360 e. The number of anilines is 2. The van der Waals surface area contributed by atoms with Crippen molar-refractivity contribution in [1.29, 1.82) is 5.26 Å². The number of nitriles is 1. The van der Waals surface area contributed by atoms with Crippen molar-refractivity contribution < 1.29 is 18.0 Å². The summed E-state index contributed by atoms with van der Waals surface area (Å²) in [5.41, 5.74) is -0.00200. The molecule has 0 aromatic heterocycles. The Balaban J connectivity index is 2.17. The van der Waals surface area contributed by atoms with Gasteiger partial charge in [0.15, 0.2) is 0 Å². The number of para-hydroxylation sites is 1. The van der Waals surface area contributed by atoms with Gasteiger partial charge < -0.3 is 10.6 Å². The van der Waals surface area contributed by atoms with Gasteiger partial charge in [-0.05, 0) is 31.2 Å². The van der Waals surface area contributed by atoms with Crippen molar-refractivity contribution in [2.75, 3.05) is 10.6 Å². The fourth-order valence-corrected chi connectivity index (χ4v) is 1.99. The molecule has 0 aliphatic carbocycles. The topological polar surface area (TPSA) is 64.9 Å². The van der Waals surface area contributed by atoms with Gasteiger partial charge in [0.2, 0.25) is 0 Å². The molecule has 0 heterocycles. The molecule has 0 bridgehead atoms. The van der Waals surface area contributed by atoms with E-state index in [0.717, 1.165) is 17.8 Å². The zero-order chi connectivity index (χ0) is 18.4. The van der Waals surface area contributed by atoms with E-state index < -0.39 is 17.6 Å². The molecule has 0 atom stereocenters. The summed E-state index contributed by atoms with van der Waals surface area (Å²) < 4.78 is 38.8. The summed E-state index contributed by atoms with van der Waals surface area (Å²) in [7, 11) is 0. The molecule has 2 aromatic carbocycles. The third kappa shape index (κ3) is 4.85. The highest BCUT2D eigenvalue weighted by Gasteiger charge is 2.33. The number of carbonyl (C=O) groups excluding carboxylic acids is 1. The van der Waals surface area contributed by atoms with Gasteiger partial charge in [0.25, 0.3) is 5.91 Å². The lowest BCUT2D eigenvalue weighted by Gasteiger charge is -2.12. The first-order valence-corrected chi connectivity index (χ1v) is 7.22. The molecule has 0 radical (unpaired) electrons. The summed E-state index contributed by atoms with van der Waals surface area (Å²) in [6.45, 7) is 1.88. The minimum atomic E-state index is -4.55. The summed E-state index contributed by atoms with van der Waals surface area (Å²) >= 11 is 0. The Morgan fingerprint density at radius 3 is 2.36 bits per heavy atom. The van der Waals surface area contributed by atoms with Crippen LogP contribution in [-0.2, 0) is 11.0 Å². The normalized spacial score (nSPS) is 11.6. The molecule has 0 aliphatic rings. The molecule has 0 unspecified atom stereocenters. The van der Waals surface area contributed by atoms with E-state index in [0.29, 0.717) is 5.69 Å². The van der Waals surface area contributed by atoms with E-state index in [1.54, 1.807) is 30.3 Å². The number of nitrogens with zero attached hydrogens (tertiary/aromatic N) is 1. The fourth-order valence-electron chi connectivity index (χ4n) is 1.99. The Morgan fingerprint density at radius 1 is 1.12 bits per heavy atom. The second kappa shape index (κ2) is 7.53. The fraction of sp³-hybridized carbons (Fsp3) is 0.111. The van der Waals surface area contributed by atoms with E-state index in [4.69, 9.17) is 5.26 Å². The van der Waals surface area contributed by atoms with Gasteiger partial charge in [-0.2, -0.15) is 18.4 Å². The predicted molar refractivity (Wildman–Crippen MR) is 88.6 cm³/mol. The molecular weight excluding hydrogens is 331 g/mol. The first-order valence-electron chi connectivity index (χ1n) is 7.22. The average Bonchev–Trinajstić information content (AvgIpc) is 2.57. The van der Waals surface area contributed by atoms with Crippen LogP contribution in [-0.4, -0.2) is 5.91 Å². The van der Waals surface area contributed by atoms with Crippen LogP contribution in [0.1, 0.15) is 11.1 Å². The van der Waals surface area contributed by atoms with Gasteiger partial charge in [0.05, 0.1) is 11.3 Å². The molecular formula is C18H14F3N3O. The van der Waals surface area contributed by atoms with Crippen LogP contribution >= 0.6 is 0 Å². The Hall–Kier alpha value is -3.27. The number of hydrogen-bond acceptors (Lipinski definition) is 3. The molecule has 25 heavy (non-hydrogen) atoms. The smallest absolute Gasteiger partial charge is 0.360 e. The molecule has 0 fully saturated rings. The number of carbonyl (C=O) groups is 1. The van der Waals surface area contributed by atoms with Crippen molar-refractivity contribution in [2.45, 2.75) is 13.1 Å². The van der Waals surface area contributed by atoms with E-state index in [-0.39, 0.29) is 11.3 Å². The van der Waals surface area contributed by atoms with Crippen molar-refractivity contribution >= 4 is 17.3 Å². The molecule has 2 rings (SSSR count). The lowest BCUT2D eigenvalue weighted by molar-refractivity contribution is -0.136. The molecule has 1 amide bonds. The number of halogens is 3. The minimum absolute atomic E-state index is 0.245. The molecule has 0 aliphatic heterocycles. The Labute approximate surface area is 142 Å². The second-order valence-electron chi connectivity index (χ2n) is 5.18. The predicted octanol–water partition coefficient (Wildman–Crippen LogP) is 4.47. The third-order valence-electron chi connectivity index (χ3n) is 3.28. The van der Waals surface area contributed by atoms with Gasteiger partial charge >= 0.3 is 6.18 Å². The summed E-state index contributed by atoms with van der Waals surface area (Å²) in [5.74, 6) is -0.719. The highest BCUT2D eigenvalue weighted by Crippen LogP contribution is 2.34. The van der Waals surface area contributed by atoms with Crippen LogP contribution in [0.15, 0.2) is 60.3 Å². The van der Waals surface area contributed by atoms with E-state index in [1.165, 1.54) is 18.2 Å². The van der Waals surface area contributed by atoms with Crippen LogP contribution in [0, 0.1) is 18.3 Å². The van der Waals surface area contributed by atoms with Gasteiger partial charge in [-0.15, -0.1) is 0 Å². The first kappa shape index (κ1) is 18.1. The summed E-state index contributed by atoms with van der Waals surface area (Å²) in [6.07, 6.45) is -3.59. The number of nitrogens with one attached hydrogen (secondary N) is 2. The lowest BCUT2D eigenvalue weighted by atomic mass is 10.1. The van der Waals surface area contributed by atoms with Gasteiger partial charge in [-0.1, -0.05) is 29.8 Å². The van der Waals surface area contributed by atoms with E-state index in [1.807, 2.05) is 6.92 Å². The number of aryl methyl sites for hydroxylation is 1. The first-order chi connectivity index (χ1) is 11.8. The van der Waals surface area contributed by atoms with Crippen molar-refractivity contribution in [2.24, 2.45) is 0 Å². The zero-order valence-electron chi connectivity index (χ0n) is 13.2. The van der Waals surface area contributed by atoms with Crippen LogP contribution in [0.5, 0.6) is 0 Å². The number of amides is 1. The van der Waals surface area contributed by atoms with Gasteiger partial charge in [0.1, 0.15) is 11.6 Å². The standard InChI is InChI=1S/C18H14F3N3O/c1-12-6-8-14(9-7-12)24-17(25)13(10-22)11-23-16-5-3-2-4-15(16)18(19,20)21/h2-9,11,23H,1H3,(H,24,25)/b13-11-. The van der Waals surface area contributed by atoms with E-state index >= 15 is 0 Å². The van der Waals surface area contributed by atoms with Crippen molar-refractivity contribution in [3.63, 3.8) is 0 Å². The van der Waals surface area contributed by atoms with Crippen LogP contribution in [0.3, 0.4) is 0 Å². The molecule has 2 N–H and O–H groups in total. The number of rotatable bonds is 4. The molecule has 4 nitrogen and oxygen atoms in total. The maximum Gasteiger partial charge on any atom is 0.418 e. The van der Waals surface area contributed by atoms with Gasteiger partial charge in [-0.3, -0.25) is 4.79 Å². The Bertz CT molecular complexity index is 834. The molecule has 128 valence electrons. The zero-order valence-corrected chi connectivity index (χ0v) is 13.2. The third-order valence-corrected chi connectivity index (χ3v) is 3.28. The van der Waals surface area contributed by atoms with E-state index in [9.17, 15) is 18.0 Å². The van der Waals surface area contributed by atoms with Gasteiger partial charge in [-0.25, -0.2) is 0 Å². The highest BCUT2D eigenvalue weighted by molar-refractivity contribution is 6.06. The largest absolute Gasteiger partial charge is 0.418 e. The molecule has 7 heteroatoms. The second-order valence-corrected chi connectivity index (χ2v) is 5.18. The lowest BCUT2D eigenvalue weighted by Crippen LogP contribution is -2.15. The summed E-state index contributed by atoms with van der Waals surface area (Å²) in [5, 5.41) is 14.0. The van der Waals surface area contributed by atoms with Crippen LogP contribution in [0.2, 0.25) is 0 Å². The molecule has 2 aromatic rings. The quantitative estimate of drug-likeness (QED) is 0.635. The van der Waals surface area contributed by atoms with Crippen LogP contribution in [0.25, 0.3) is 0 Å². The van der Waals surface area contributed by atoms with Crippen molar-refractivity contribution in [3.8, 4) is 6.07 Å². The van der Waals surface area contributed by atoms with Crippen LogP contribution < -0.4 is 10.6 Å². The van der Waals surface area contributed by atoms with Crippen molar-refractivity contribution in [1.82, 2.24) is 0 Å². The molecule has 0 saturated carbocycles. The van der Waals surface area contributed by atoms with Crippen molar-refractivity contribution in [3.05, 3.63) is 71.4 Å². The maximum atomic E-state index is 12.9. The number of benzene rings is 2. The molecule has 0 saturated heterocycles. The van der Waals surface area contributed by atoms with Crippen LogP contribution in [0.4, 0.5) is 24.5 Å².